The number of morpholine rings is 1. The first-order chi connectivity index (χ1) is 8.97. The molecule has 1 saturated heterocycles. The molecule has 4 heteroatoms. The molecule has 2 rings (SSSR count). The maximum atomic E-state index is 5.72. The predicted molar refractivity (Wildman–Crippen MR) is 80.8 cm³/mol. The molecule has 1 aliphatic heterocycles. The van der Waals surface area contributed by atoms with E-state index in [0.717, 1.165) is 18.8 Å². The predicted octanol–water partition coefficient (Wildman–Crippen LogP) is 2.98. The molecule has 0 atom stereocenters. The first-order valence-corrected chi connectivity index (χ1v) is 7.03. The maximum absolute atomic E-state index is 5.72. The van der Waals surface area contributed by atoms with Crippen LogP contribution >= 0.6 is 12.2 Å². The normalized spacial score (nSPS) is 16.3. The van der Waals surface area contributed by atoms with Gasteiger partial charge in [-0.25, -0.2) is 0 Å². The van der Waals surface area contributed by atoms with Crippen molar-refractivity contribution in [2.24, 2.45) is 0 Å². The van der Waals surface area contributed by atoms with E-state index in [0.29, 0.717) is 18.4 Å². The van der Waals surface area contributed by atoms with Crippen LogP contribution < -0.4 is 4.74 Å². The topological polar surface area (TPSA) is 21.7 Å². The second-order valence-corrected chi connectivity index (χ2v) is 6.09. The number of hydrogen-bond acceptors (Lipinski definition) is 3. The van der Waals surface area contributed by atoms with Crippen LogP contribution in [0.5, 0.6) is 5.75 Å². The van der Waals surface area contributed by atoms with Crippen molar-refractivity contribution in [3.63, 3.8) is 0 Å². The van der Waals surface area contributed by atoms with E-state index in [1.54, 1.807) is 0 Å². The summed E-state index contributed by atoms with van der Waals surface area (Å²) in [6.45, 7) is 9.63. The number of ether oxygens (including phenoxy) is 2. The molecule has 104 valence electrons. The van der Waals surface area contributed by atoms with Gasteiger partial charge in [0.15, 0.2) is 0 Å². The summed E-state index contributed by atoms with van der Waals surface area (Å²) in [6, 6.07) is 8.15. The molecular formula is C15H21NO2S. The van der Waals surface area contributed by atoms with Crippen molar-refractivity contribution in [2.75, 3.05) is 26.3 Å². The van der Waals surface area contributed by atoms with Gasteiger partial charge in [-0.1, -0.05) is 32.9 Å². The molecule has 0 bridgehead atoms. The van der Waals surface area contributed by atoms with Crippen molar-refractivity contribution < 1.29 is 9.47 Å². The number of thiocarbonyl (C=S) groups is 1. The van der Waals surface area contributed by atoms with E-state index in [-0.39, 0.29) is 5.41 Å². The second kappa shape index (κ2) is 5.88. The van der Waals surface area contributed by atoms with Crippen molar-refractivity contribution >= 4 is 17.4 Å². The van der Waals surface area contributed by atoms with Crippen LogP contribution in [0.3, 0.4) is 0 Å². The summed E-state index contributed by atoms with van der Waals surface area (Å²) < 4.78 is 11.0. The molecule has 0 aliphatic carbocycles. The first kappa shape index (κ1) is 14.3. The molecule has 0 N–H and O–H groups in total. The average Bonchev–Trinajstić information content (AvgIpc) is 2.39. The van der Waals surface area contributed by atoms with Gasteiger partial charge in [0.25, 0.3) is 5.17 Å². The molecule has 0 unspecified atom stereocenters. The van der Waals surface area contributed by atoms with Crippen molar-refractivity contribution in [3.8, 4) is 5.75 Å². The van der Waals surface area contributed by atoms with Gasteiger partial charge in [0.2, 0.25) is 0 Å². The highest BCUT2D eigenvalue weighted by atomic mass is 32.1. The lowest BCUT2D eigenvalue weighted by atomic mass is 9.87. The molecule has 3 nitrogen and oxygen atoms in total. The van der Waals surface area contributed by atoms with Crippen LogP contribution in [0.4, 0.5) is 0 Å². The summed E-state index contributed by atoms with van der Waals surface area (Å²) in [4.78, 5) is 2.04. The van der Waals surface area contributed by atoms with Gasteiger partial charge in [0.05, 0.1) is 13.2 Å². The van der Waals surface area contributed by atoms with Crippen molar-refractivity contribution in [1.29, 1.82) is 0 Å². The molecular weight excluding hydrogens is 258 g/mol. The van der Waals surface area contributed by atoms with E-state index in [2.05, 4.69) is 32.9 Å². The summed E-state index contributed by atoms with van der Waals surface area (Å²) in [6.07, 6.45) is 0. The molecule has 0 radical (unpaired) electrons. The zero-order valence-corrected chi connectivity index (χ0v) is 12.6. The summed E-state index contributed by atoms with van der Waals surface area (Å²) in [5.41, 5.74) is 1.45. The fraction of sp³-hybridized carbons (Fsp3) is 0.533. The van der Waals surface area contributed by atoms with Gasteiger partial charge < -0.3 is 14.4 Å². The van der Waals surface area contributed by atoms with Crippen LogP contribution in [-0.4, -0.2) is 36.4 Å². The molecule has 1 aromatic rings. The Hall–Kier alpha value is -1.13. The zero-order chi connectivity index (χ0) is 13.9. The minimum Gasteiger partial charge on any atom is -0.432 e. The van der Waals surface area contributed by atoms with Gasteiger partial charge in [0.1, 0.15) is 5.75 Å². The molecule has 0 spiro atoms. The SMILES string of the molecule is CC(C)(C)c1ccc(OC(=S)N2CCOCC2)cc1. The van der Waals surface area contributed by atoms with Crippen LogP contribution in [0.25, 0.3) is 0 Å². The highest BCUT2D eigenvalue weighted by Crippen LogP contribution is 2.24. The largest absolute Gasteiger partial charge is 0.432 e. The van der Waals surface area contributed by atoms with Gasteiger partial charge in [-0.15, -0.1) is 0 Å². The Morgan fingerprint density at radius 2 is 1.74 bits per heavy atom. The quantitative estimate of drug-likeness (QED) is 0.737. The van der Waals surface area contributed by atoms with E-state index in [1.165, 1.54) is 5.56 Å². The lowest BCUT2D eigenvalue weighted by Gasteiger charge is -2.28. The van der Waals surface area contributed by atoms with E-state index in [4.69, 9.17) is 21.7 Å². The van der Waals surface area contributed by atoms with Crippen LogP contribution in [0.2, 0.25) is 0 Å². The molecule has 0 aromatic heterocycles. The summed E-state index contributed by atoms with van der Waals surface area (Å²) in [5, 5.41) is 0.534. The third-order valence-corrected chi connectivity index (χ3v) is 3.54. The Kier molecular flexibility index (Phi) is 4.42. The molecule has 1 heterocycles. The molecule has 1 aliphatic rings. The van der Waals surface area contributed by atoms with Crippen LogP contribution in [0.15, 0.2) is 24.3 Å². The van der Waals surface area contributed by atoms with Crippen molar-refractivity contribution in [2.45, 2.75) is 26.2 Å². The highest BCUT2D eigenvalue weighted by molar-refractivity contribution is 7.80. The maximum Gasteiger partial charge on any atom is 0.264 e. The Bertz CT molecular complexity index is 430. The smallest absolute Gasteiger partial charge is 0.264 e. The van der Waals surface area contributed by atoms with Crippen LogP contribution in [0, 0.1) is 0 Å². The Balaban J connectivity index is 1.97. The van der Waals surface area contributed by atoms with Gasteiger partial charge in [-0.2, -0.15) is 0 Å². The number of nitrogens with zero attached hydrogens (tertiary/aromatic N) is 1. The standard InChI is InChI=1S/C15H21NO2S/c1-15(2,3)12-4-6-13(7-5-12)18-14(19)16-8-10-17-11-9-16/h4-7H,8-11H2,1-3H3. The average molecular weight is 279 g/mol. The Morgan fingerprint density at radius 3 is 2.26 bits per heavy atom. The van der Waals surface area contributed by atoms with Gasteiger partial charge >= 0.3 is 0 Å². The first-order valence-electron chi connectivity index (χ1n) is 6.62. The van der Waals surface area contributed by atoms with E-state index in [9.17, 15) is 0 Å². The number of hydrogen-bond donors (Lipinski definition) is 0. The van der Waals surface area contributed by atoms with E-state index >= 15 is 0 Å². The second-order valence-electron chi connectivity index (χ2n) is 5.74. The molecule has 0 amide bonds. The lowest BCUT2D eigenvalue weighted by molar-refractivity contribution is 0.0631. The molecule has 1 fully saturated rings. The zero-order valence-electron chi connectivity index (χ0n) is 11.8. The number of benzene rings is 1. The molecule has 0 saturated carbocycles. The fourth-order valence-electron chi connectivity index (χ4n) is 1.93. The number of rotatable bonds is 1. The third kappa shape index (κ3) is 3.91. The fourth-order valence-corrected chi connectivity index (χ4v) is 2.21. The molecule has 19 heavy (non-hydrogen) atoms. The Morgan fingerprint density at radius 1 is 1.16 bits per heavy atom. The van der Waals surface area contributed by atoms with Gasteiger partial charge in [-0.05, 0) is 35.3 Å². The van der Waals surface area contributed by atoms with E-state index in [1.807, 2.05) is 17.0 Å². The van der Waals surface area contributed by atoms with Gasteiger partial charge in [0, 0.05) is 13.1 Å². The van der Waals surface area contributed by atoms with Gasteiger partial charge in [-0.3, -0.25) is 0 Å². The minimum absolute atomic E-state index is 0.156. The lowest BCUT2D eigenvalue weighted by Crippen LogP contribution is -2.42. The summed E-state index contributed by atoms with van der Waals surface area (Å²) in [5.74, 6) is 0.796. The van der Waals surface area contributed by atoms with E-state index < -0.39 is 0 Å². The van der Waals surface area contributed by atoms with Crippen molar-refractivity contribution in [1.82, 2.24) is 4.90 Å². The minimum atomic E-state index is 0.156. The summed E-state index contributed by atoms with van der Waals surface area (Å²) in [7, 11) is 0. The van der Waals surface area contributed by atoms with Crippen LogP contribution in [-0.2, 0) is 10.2 Å². The van der Waals surface area contributed by atoms with Crippen molar-refractivity contribution in [3.05, 3.63) is 29.8 Å². The monoisotopic (exact) mass is 279 g/mol. The third-order valence-electron chi connectivity index (χ3n) is 3.19. The highest BCUT2D eigenvalue weighted by Gasteiger charge is 2.16. The van der Waals surface area contributed by atoms with Crippen LogP contribution in [0.1, 0.15) is 26.3 Å². The Labute approximate surface area is 120 Å². The molecule has 1 aromatic carbocycles. The summed E-state index contributed by atoms with van der Waals surface area (Å²) >= 11 is 5.31.